The summed E-state index contributed by atoms with van der Waals surface area (Å²) in [6.45, 7) is 3.62. The van der Waals surface area contributed by atoms with Crippen molar-refractivity contribution in [2.45, 2.75) is 25.0 Å². The van der Waals surface area contributed by atoms with E-state index < -0.39 is 0 Å². The first-order chi connectivity index (χ1) is 16.2. The van der Waals surface area contributed by atoms with Crippen molar-refractivity contribution in [2.24, 2.45) is 0 Å². The first kappa shape index (κ1) is 23.2. The van der Waals surface area contributed by atoms with Gasteiger partial charge in [-0.1, -0.05) is 54.2 Å². The van der Waals surface area contributed by atoms with Crippen molar-refractivity contribution in [1.29, 1.82) is 0 Å². The molecule has 33 heavy (non-hydrogen) atoms. The van der Waals surface area contributed by atoms with E-state index in [2.05, 4.69) is 15.3 Å². The number of rotatable bonds is 10. The first-order valence-electron chi connectivity index (χ1n) is 10.7. The Hall–Kier alpha value is -3.01. The van der Waals surface area contributed by atoms with E-state index in [1.54, 1.807) is 10.6 Å². The van der Waals surface area contributed by atoms with E-state index in [9.17, 15) is 9.59 Å². The second kappa shape index (κ2) is 11.2. The van der Waals surface area contributed by atoms with Gasteiger partial charge in [-0.25, -0.2) is 9.97 Å². The van der Waals surface area contributed by atoms with Gasteiger partial charge in [0, 0.05) is 30.7 Å². The normalized spacial score (nSPS) is 11.1. The Kier molecular flexibility index (Phi) is 7.87. The van der Waals surface area contributed by atoms with Crippen LogP contribution in [0.2, 0.25) is 0 Å². The van der Waals surface area contributed by atoms with Gasteiger partial charge in [-0.15, -0.1) is 11.3 Å². The van der Waals surface area contributed by atoms with Crippen molar-refractivity contribution in [3.8, 4) is 11.3 Å². The van der Waals surface area contributed by atoms with Crippen LogP contribution >= 0.6 is 23.1 Å². The molecule has 170 valence electrons. The lowest BCUT2D eigenvalue weighted by Gasteiger charge is -2.13. The van der Waals surface area contributed by atoms with Crippen molar-refractivity contribution in [2.75, 3.05) is 24.3 Å². The number of carbonyl (C=O) groups excluding carboxylic acids is 1. The van der Waals surface area contributed by atoms with Crippen LogP contribution in [0.1, 0.15) is 13.3 Å². The maximum absolute atomic E-state index is 13.0. The number of carbonyl (C=O) groups is 1. The number of amides is 1. The number of aromatic nitrogens is 3. The molecule has 0 aliphatic carbocycles. The van der Waals surface area contributed by atoms with Crippen LogP contribution in [0.3, 0.4) is 0 Å². The Morgan fingerprint density at radius 1 is 1.12 bits per heavy atom. The van der Waals surface area contributed by atoms with Crippen LogP contribution in [-0.2, 0) is 16.1 Å². The Balaban J connectivity index is 1.46. The largest absolute Gasteiger partial charge is 0.382 e. The number of para-hydroxylation sites is 1. The quantitative estimate of drug-likeness (QED) is 0.202. The summed E-state index contributed by atoms with van der Waals surface area (Å²) in [6, 6.07) is 17.1. The van der Waals surface area contributed by atoms with Crippen LogP contribution < -0.4 is 10.9 Å². The van der Waals surface area contributed by atoms with Gasteiger partial charge < -0.3 is 10.1 Å². The number of anilines is 1. The maximum Gasteiger partial charge on any atom is 0.262 e. The number of benzene rings is 2. The summed E-state index contributed by atoms with van der Waals surface area (Å²) in [4.78, 5) is 34.8. The highest BCUT2D eigenvalue weighted by atomic mass is 32.2. The van der Waals surface area contributed by atoms with E-state index in [1.807, 2.05) is 60.8 Å². The molecule has 0 bridgehead atoms. The van der Waals surface area contributed by atoms with E-state index in [-0.39, 0.29) is 17.2 Å². The summed E-state index contributed by atoms with van der Waals surface area (Å²) >= 11 is 2.63. The molecular weight excluding hydrogens is 456 g/mol. The highest BCUT2D eigenvalue weighted by Crippen LogP contribution is 2.25. The van der Waals surface area contributed by atoms with E-state index in [0.29, 0.717) is 47.4 Å². The highest BCUT2D eigenvalue weighted by molar-refractivity contribution is 7.99. The van der Waals surface area contributed by atoms with Crippen LogP contribution in [0.4, 0.5) is 5.13 Å². The molecule has 1 amide bonds. The van der Waals surface area contributed by atoms with E-state index in [0.717, 1.165) is 11.3 Å². The van der Waals surface area contributed by atoms with Crippen LogP contribution in [0.15, 0.2) is 69.9 Å². The summed E-state index contributed by atoms with van der Waals surface area (Å²) in [5, 5.41) is 6.39. The maximum atomic E-state index is 13.0. The van der Waals surface area contributed by atoms with Crippen LogP contribution in [-0.4, -0.2) is 39.4 Å². The lowest BCUT2D eigenvalue weighted by molar-refractivity contribution is -0.113. The lowest BCUT2D eigenvalue weighted by atomic mass is 10.2. The summed E-state index contributed by atoms with van der Waals surface area (Å²) in [5.74, 6) is -0.0755. The standard InChI is InChI=1S/C24H24N4O3S2/c1-2-31-14-8-13-28-22(30)18-11-6-7-12-19(18)26-24(28)33-16-21(29)27-23-25-20(15-32-23)17-9-4-3-5-10-17/h3-7,9-12,15H,2,8,13-14,16H2,1H3,(H,25,27,29). The fourth-order valence-electron chi connectivity index (χ4n) is 3.28. The molecule has 9 heteroatoms. The molecule has 4 rings (SSSR count). The molecular formula is C24H24N4O3S2. The summed E-state index contributed by atoms with van der Waals surface area (Å²) in [7, 11) is 0. The van der Waals surface area contributed by atoms with E-state index >= 15 is 0 Å². The van der Waals surface area contributed by atoms with Gasteiger partial charge in [0.25, 0.3) is 5.56 Å². The fraction of sp³-hybridized carbons (Fsp3) is 0.250. The monoisotopic (exact) mass is 480 g/mol. The van der Waals surface area contributed by atoms with Gasteiger partial charge in [0.2, 0.25) is 5.91 Å². The van der Waals surface area contributed by atoms with Crippen LogP contribution in [0.5, 0.6) is 0 Å². The van der Waals surface area contributed by atoms with Gasteiger partial charge in [0.05, 0.1) is 22.3 Å². The molecule has 7 nitrogen and oxygen atoms in total. The number of fused-ring (bicyclic) bond motifs is 1. The Morgan fingerprint density at radius 3 is 2.73 bits per heavy atom. The molecule has 0 atom stereocenters. The van der Waals surface area contributed by atoms with Crippen molar-refractivity contribution in [3.63, 3.8) is 0 Å². The van der Waals surface area contributed by atoms with Gasteiger partial charge in [0.15, 0.2) is 10.3 Å². The van der Waals surface area contributed by atoms with Crippen molar-refractivity contribution in [1.82, 2.24) is 14.5 Å². The average molecular weight is 481 g/mol. The smallest absolute Gasteiger partial charge is 0.262 e. The topological polar surface area (TPSA) is 86.1 Å². The minimum Gasteiger partial charge on any atom is -0.382 e. The number of hydrogen-bond donors (Lipinski definition) is 1. The first-order valence-corrected chi connectivity index (χ1v) is 12.5. The van der Waals surface area contributed by atoms with Crippen LogP contribution in [0.25, 0.3) is 22.2 Å². The van der Waals surface area contributed by atoms with Crippen molar-refractivity contribution < 1.29 is 9.53 Å². The number of hydrogen-bond acceptors (Lipinski definition) is 7. The highest BCUT2D eigenvalue weighted by Gasteiger charge is 2.14. The predicted molar refractivity (Wildman–Crippen MR) is 134 cm³/mol. The average Bonchev–Trinajstić information content (AvgIpc) is 3.31. The zero-order valence-corrected chi connectivity index (χ0v) is 19.8. The number of nitrogens with zero attached hydrogens (tertiary/aromatic N) is 3. The number of thiazole rings is 1. The van der Waals surface area contributed by atoms with E-state index in [4.69, 9.17) is 4.74 Å². The molecule has 0 aliphatic rings. The second-order valence-corrected chi connectivity index (χ2v) is 8.96. The molecule has 0 spiro atoms. The molecule has 0 saturated heterocycles. The summed E-state index contributed by atoms with van der Waals surface area (Å²) in [5.41, 5.74) is 2.34. The number of thioether (sulfide) groups is 1. The molecule has 0 saturated carbocycles. The third-order valence-corrected chi connectivity index (χ3v) is 6.59. The third kappa shape index (κ3) is 5.87. The predicted octanol–water partition coefficient (Wildman–Crippen LogP) is 4.68. The van der Waals surface area contributed by atoms with Gasteiger partial charge >= 0.3 is 0 Å². The third-order valence-electron chi connectivity index (χ3n) is 4.85. The van der Waals surface area contributed by atoms with Gasteiger partial charge in [0.1, 0.15) is 0 Å². The molecule has 0 aliphatic heterocycles. The number of nitrogens with one attached hydrogen (secondary N) is 1. The molecule has 2 aromatic heterocycles. The van der Waals surface area contributed by atoms with Gasteiger partial charge in [-0.3, -0.25) is 14.2 Å². The van der Waals surface area contributed by atoms with E-state index in [1.165, 1.54) is 23.1 Å². The lowest BCUT2D eigenvalue weighted by Crippen LogP contribution is -2.25. The zero-order valence-electron chi connectivity index (χ0n) is 18.2. The molecule has 0 unspecified atom stereocenters. The summed E-state index contributed by atoms with van der Waals surface area (Å²) in [6.07, 6.45) is 0.689. The molecule has 0 fully saturated rings. The summed E-state index contributed by atoms with van der Waals surface area (Å²) < 4.78 is 7.04. The minimum absolute atomic E-state index is 0.104. The molecule has 1 N–H and O–H groups in total. The second-order valence-electron chi connectivity index (χ2n) is 7.16. The van der Waals surface area contributed by atoms with Crippen LogP contribution in [0, 0.1) is 0 Å². The van der Waals surface area contributed by atoms with Gasteiger partial charge in [-0.2, -0.15) is 0 Å². The Bertz CT molecular complexity index is 1290. The molecule has 2 aromatic carbocycles. The SMILES string of the molecule is CCOCCCn1c(SCC(=O)Nc2nc(-c3ccccc3)cs2)nc2ccccc2c1=O. The van der Waals surface area contributed by atoms with Crippen molar-refractivity contribution >= 4 is 45.0 Å². The zero-order chi connectivity index (χ0) is 23.0. The Labute approximate surface area is 199 Å². The molecule has 2 heterocycles. The molecule has 4 aromatic rings. The van der Waals surface area contributed by atoms with Gasteiger partial charge in [-0.05, 0) is 25.5 Å². The number of ether oxygens (including phenoxy) is 1. The molecule has 0 radical (unpaired) electrons. The fourth-order valence-corrected chi connectivity index (χ4v) is 4.84. The minimum atomic E-state index is -0.197. The Morgan fingerprint density at radius 2 is 1.91 bits per heavy atom. The van der Waals surface area contributed by atoms with Crippen molar-refractivity contribution in [3.05, 3.63) is 70.3 Å².